The summed E-state index contributed by atoms with van der Waals surface area (Å²) in [5.41, 5.74) is 3.82. The van der Waals surface area contributed by atoms with Crippen LogP contribution in [0.1, 0.15) is 37.0 Å². The van der Waals surface area contributed by atoms with Gasteiger partial charge in [0.1, 0.15) is 0 Å². The first kappa shape index (κ1) is 15.7. The molecule has 106 valence electrons. The molecule has 0 radical (unpaired) electrons. The maximum Gasteiger partial charge on any atom is 0.221 e. The van der Waals surface area contributed by atoms with Crippen LogP contribution in [0.2, 0.25) is 0 Å². The fraction of sp³-hybridized carbons (Fsp3) is 0.562. The average molecular weight is 262 g/mol. The first-order valence-corrected chi connectivity index (χ1v) is 6.86. The summed E-state index contributed by atoms with van der Waals surface area (Å²) < 4.78 is 0. The van der Waals surface area contributed by atoms with Crippen LogP contribution in [0.3, 0.4) is 0 Å². The molecule has 3 heteroatoms. The number of rotatable bonds is 6. The lowest BCUT2D eigenvalue weighted by atomic mass is 9.83. The number of hydrogen-bond acceptors (Lipinski definition) is 2. The van der Waals surface area contributed by atoms with E-state index in [9.17, 15) is 4.79 Å². The fourth-order valence-electron chi connectivity index (χ4n) is 1.91. The van der Waals surface area contributed by atoms with Crippen LogP contribution >= 0.6 is 0 Å². The van der Waals surface area contributed by atoms with Crippen molar-refractivity contribution in [2.45, 2.75) is 39.5 Å². The molecule has 0 atom stereocenters. The van der Waals surface area contributed by atoms with E-state index in [1.165, 1.54) is 16.7 Å². The molecule has 1 aromatic carbocycles. The second-order valence-corrected chi connectivity index (χ2v) is 5.81. The standard InChI is InChI=1S/C16H26N2O/c1-12-6-7-14(10-13(12)2)16(3,4)11-18-15(19)8-9-17-5/h6-7,10,17H,8-9,11H2,1-5H3,(H,18,19). The molecule has 0 bridgehead atoms. The van der Waals surface area contributed by atoms with Crippen molar-refractivity contribution in [2.24, 2.45) is 0 Å². The Morgan fingerprint density at radius 1 is 1.21 bits per heavy atom. The van der Waals surface area contributed by atoms with E-state index in [0.29, 0.717) is 13.0 Å². The fourth-order valence-corrected chi connectivity index (χ4v) is 1.91. The maximum atomic E-state index is 11.6. The number of nitrogens with one attached hydrogen (secondary N) is 2. The second-order valence-electron chi connectivity index (χ2n) is 5.81. The molecule has 0 heterocycles. The minimum atomic E-state index is -0.0479. The van der Waals surface area contributed by atoms with Crippen LogP contribution in [0, 0.1) is 13.8 Å². The number of amides is 1. The van der Waals surface area contributed by atoms with Crippen molar-refractivity contribution in [2.75, 3.05) is 20.1 Å². The summed E-state index contributed by atoms with van der Waals surface area (Å²) >= 11 is 0. The third-order valence-corrected chi connectivity index (χ3v) is 3.62. The van der Waals surface area contributed by atoms with Gasteiger partial charge < -0.3 is 10.6 Å². The van der Waals surface area contributed by atoms with Gasteiger partial charge >= 0.3 is 0 Å². The quantitative estimate of drug-likeness (QED) is 0.826. The SMILES string of the molecule is CNCCC(=O)NCC(C)(C)c1ccc(C)c(C)c1. The third-order valence-electron chi connectivity index (χ3n) is 3.62. The number of benzene rings is 1. The minimum Gasteiger partial charge on any atom is -0.355 e. The van der Waals surface area contributed by atoms with Crippen LogP contribution in [0.15, 0.2) is 18.2 Å². The highest BCUT2D eigenvalue weighted by molar-refractivity contribution is 5.76. The predicted molar refractivity (Wildman–Crippen MR) is 80.5 cm³/mol. The molecular formula is C16H26N2O. The Labute approximate surface area is 116 Å². The van der Waals surface area contributed by atoms with Gasteiger partial charge in [-0.25, -0.2) is 0 Å². The lowest BCUT2D eigenvalue weighted by Crippen LogP contribution is -2.37. The molecule has 0 unspecified atom stereocenters. The molecule has 1 aromatic rings. The highest BCUT2D eigenvalue weighted by atomic mass is 16.1. The van der Waals surface area contributed by atoms with Gasteiger partial charge in [-0.2, -0.15) is 0 Å². The number of carbonyl (C=O) groups is 1. The first-order valence-electron chi connectivity index (χ1n) is 6.86. The van der Waals surface area contributed by atoms with E-state index in [-0.39, 0.29) is 11.3 Å². The largest absolute Gasteiger partial charge is 0.355 e. The van der Waals surface area contributed by atoms with Gasteiger partial charge in [0.05, 0.1) is 0 Å². The van der Waals surface area contributed by atoms with Gasteiger partial charge in [-0.05, 0) is 37.6 Å². The van der Waals surface area contributed by atoms with Crippen LogP contribution in [0.4, 0.5) is 0 Å². The van der Waals surface area contributed by atoms with E-state index in [4.69, 9.17) is 0 Å². The molecule has 0 aliphatic heterocycles. The molecule has 3 nitrogen and oxygen atoms in total. The Kier molecular flexibility index (Phi) is 5.55. The van der Waals surface area contributed by atoms with Crippen molar-refractivity contribution in [3.63, 3.8) is 0 Å². The van der Waals surface area contributed by atoms with Gasteiger partial charge in [0.2, 0.25) is 5.91 Å². The number of hydrogen-bond donors (Lipinski definition) is 2. The Balaban J connectivity index is 2.64. The summed E-state index contributed by atoms with van der Waals surface area (Å²) in [6.45, 7) is 9.95. The average Bonchev–Trinajstić information content (AvgIpc) is 2.37. The molecule has 0 aromatic heterocycles. The van der Waals surface area contributed by atoms with Gasteiger partial charge in [0.25, 0.3) is 0 Å². The summed E-state index contributed by atoms with van der Waals surface area (Å²) in [5.74, 6) is 0.103. The molecule has 2 N–H and O–H groups in total. The number of aryl methyl sites for hydroxylation is 2. The summed E-state index contributed by atoms with van der Waals surface area (Å²) in [4.78, 5) is 11.6. The van der Waals surface area contributed by atoms with Crippen molar-refractivity contribution >= 4 is 5.91 Å². The summed E-state index contributed by atoms with van der Waals surface area (Å²) in [7, 11) is 1.85. The van der Waals surface area contributed by atoms with E-state index in [1.54, 1.807) is 0 Å². The van der Waals surface area contributed by atoms with E-state index < -0.39 is 0 Å². The smallest absolute Gasteiger partial charge is 0.221 e. The molecule has 1 rings (SSSR count). The van der Waals surface area contributed by atoms with E-state index in [2.05, 4.69) is 56.5 Å². The molecule has 0 fully saturated rings. The monoisotopic (exact) mass is 262 g/mol. The zero-order chi connectivity index (χ0) is 14.5. The van der Waals surface area contributed by atoms with E-state index in [0.717, 1.165) is 6.54 Å². The minimum absolute atomic E-state index is 0.0479. The Bertz CT molecular complexity index is 438. The van der Waals surface area contributed by atoms with Gasteiger partial charge in [-0.15, -0.1) is 0 Å². The summed E-state index contributed by atoms with van der Waals surface area (Å²) in [6, 6.07) is 6.52. The Hall–Kier alpha value is -1.35. The zero-order valence-corrected chi connectivity index (χ0v) is 12.8. The summed E-state index contributed by atoms with van der Waals surface area (Å²) in [5, 5.41) is 5.99. The predicted octanol–water partition coefficient (Wildman–Crippen LogP) is 2.31. The maximum absolute atomic E-state index is 11.6. The highest BCUT2D eigenvalue weighted by Crippen LogP contribution is 2.24. The zero-order valence-electron chi connectivity index (χ0n) is 12.8. The normalized spacial score (nSPS) is 11.4. The lowest BCUT2D eigenvalue weighted by Gasteiger charge is -2.26. The molecule has 0 saturated heterocycles. The molecule has 0 spiro atoms. The molecule has 19 heavy (non-hydrogen) atoms. The number of carbonyl (C=O) groups excluding carboxylic acids is 1. The molecule has 0 saturated carbocycles. The molecular weight excluding hydrogens is 236 g/mol. The third kappa shape index (κ3) is 4.67. The molecule has 1 amide bonds. The van der Waals surface area contributed by atoms with Crippen molar-refractivity contribution in [3.8, 4) is 0 Å². The topological polar surface area (TPSA) is 41.1 Å². The first-order chi connectivity index (χ1) is 8.86. The van der Waals surface area contributed by atoms with E-state index in [1.807, 2.05) is 7.05 Å². The Morgan fingerprint density at radius 2 is 1.89 bits per heavy atom. The molecule has 0 aliphatic rings. The second kappa shape index (κ2) is 6.71. The van der Waals surface area contributed by atoms with Crippen LogP contribution in [0.25, 0.3) is 0 Å². The van der Waals surface area contributed by atoms with Crippen molar-refractivity contribution in [1.29, 1.82) is 0 Å². The van der Waals surface area contributed by atoms with Gasteiger partial charge in [-0.1, -0.05) is 32.0 Å². The molecule has 0 aliphatic carbocycles. The van der Waals surface area contributed by atoms with Gasteiger partial charge in [0, 0.05) is 24.9 Å². The van der Waals surface area contributed by atoms with Crippen LogP contribution in [0.5, 0.6) is 0 Å². The van der Waals surface area contributed by atoms with Crippen molar-refractivity contribution < 1.29 is 4.79 Å². The van der Waals surface area contributed by atoms with Crippen LogP contribution < -0.4 is 10.6 Å². The summed E-state index contributed by atoms with van der Waals surface area (Å²) in [6.07, 6.45) is 0.527. The highest BCUT2D eigenvalue weighted by Gasteiger charge is 2.21. The van der Waals surface area contributed by atoms with E-state index >= 15 is 0 Å². The van der Waals surface area contributed by atoms with Crippen molar-refractivity contribution in [1.82, 2.24) is 10.6 Å². The lowest BCUT2D eigenvalue weighted by molar-refractivity contribution is -0.121. The van der Waals surface area contributed by atoms with Crippen LogP contribution in [-0.2, 0) is 10.2 Å². The van der Waals surface area contributed by atoms with Crippen molar-refractivity contribution in [3.05, 3.63) is 34.9 Å². The van der Waals surface area contributed by atoms with Gasteiger partial charge in [-0.3, -0.25) is 4.79 Å². The Morgan fingerprint density at radius 3 is 2.47 bits per heavy atom. The van der Waals surface area contributed by atoms with Gasteiger partial charge in [0.15, 0.2) is 0 Å². The van der Waals surface area contributed by atoms with Crippen LogP contribution in [-0.4, -0.2) is 26.0 Å².